The molecule has 1 saturated carbocycles. The van der Waals surface area contributed by atoms with Gasteiger partial charge in [0.15, 0.2) is 0 Å². The first-order valence-corrected chi connectivity index (χ1v) is 9.58. The van der Waals surface area contributed by atoms with Crippen molar-refractivity contribution in [2.75, 3.05) is 5.32 Å². The molecule has 2 aromatic rings. The van der Waals surface area contributed by atoms with Crippen LogP contribution in [-0.2, 0) is 0 Å². The van der Waals surface area contributed by atoms with E-state index in [0.29, 0.717) is 10.8 Å². The zero-order valence-corrected chi connectivity index (χ0v) is 14.7. The van der Waals surface area contributed by atoms with Crippen LogP contribution in [0.25, 0.3) is 0 Å². The molecule has 0 saturated heterocycles. The lowest BCUT2D eigenvalue weighted by Gasteiger charge is -2.13. The fourth-order valence-corrected chi connectivity index (χ4v) is 4.95. The molecule has 0 bridgehead atoms. The molecule has 1 aromatic carbocycles. The van der Waals surface area contributed by atoms with Crippen LogP contribution < -0.4 is 5.32 Å². The number of benzene rings is 1. The van der Waals surface area contributed by atoms with Crippen LogP contribution in [0.5, 0.6) is 0 Å². The van der Waals surface area contributed by atoms with Crippen molar-refractivity contribution in [1.82, 2.24) is 0 Å². The summed E-state index contributed by atoms with van der Waals surface area (Å²) in [6, 6.07) is 9.94. The summed E-state index contributed by atoms with van der Waals surface area (Å²) in [6.07, 6.45) is 5.22. The summed E-state index contributed by atoms with van der Waals surface area (Å²) in [5, 5.41) is 5.60. The number of carbonyl (C=O) groups is 1. The van der Waals surface area contributed by atoms with Gasteiger partial charge in [0, 0.05) is 15.5 Å². The van der Waals surface area contributed by atoms with Gasteiger partial charge in [-0.1, -0.05) is 25.0 Å². The fourth-order valence-electron chi connectivity index (χ4n) is 2.48. The van der Waals surface area contributed by atoms with E-state index in [4.69, 9.17) is 0 Å². The van der Waals surface area contributed by atoms with E-state index in [1.807, 2.05) is 41.4 Å². The van der Waals surface area contributed by atoms with Gasteiger partial charge in [0.05, 0.1) is 15.0 Å². The van der Waals surface area contributed by atoms with Gasteiger partial charge in [0.25, 0.3) is 5.91 Å². The number of hydrogen-bond donors (Lipinski definition) is 1. The molecule has 1 heterocycles. The molecule has 1 N–H and O–H groups in total. The van der Waals surface area contributed by atoms with Crippen LogP contribution in [0.1, 0.15) is 36.0 Å². The first-order chi connectivity index (χ1) is 10.2. The van der Waals surface area contributed by atoms with Crippen molar-refractivity contribution in [3.8, 4) is 0 Å². The number of thiophene rings is 1. The molecule has 21 heavy (non-hydrogen) atoms. The van der Waals surface area contributed by atoms with Gasteiger partial charge >= 0.3 is 0 Å². The Bertz CT molecular complexity index is 635. The predicted molar refractivity (Wildman–Crippen MR) is 94.5 cm³/mol. The Morgan fingerprint density at radius 2 is 2.05 bits per heavy atom. The van der Waals surface area contributed by atoms with Crippen molar-refractivity contribution < 1.29 is 4.79 Å². The number of thioether (sulfide) groups is 1. The van der Waals surface area contributed by atoms with Crippen molar-refractivity contribution in [2.45, 2.75) is 35.8 Å². The first kappa shape index (κ1) is 15.1. The molecule has 1 aliphatic carbocycles. The Morgan fingerprint density at radius 1 is 1.29 bits per heavy atom. The molecule has 0 radical (unpaired) electrons. The molecular weight excluding hydrogens is 366 g/mol. The van der Waals surface area contributed by atoms with Crippen molar-refractivity contribution in [2.24, 2.45) is 0 Å². The SMILES string of the molecule is O=C(Nc1ccccc1SC1CCCC1)c1csc(Br)c1. The zero-order valence-electron chi connectivity index (χ0n) is 11.5. The number of amides is 1. The first-order valence-electron chi connectivity index (χ1n) is 7.03. The van der Waals surface area contributed by atoms with E-state index < -0.39 is 0 Å². The van der Waals surface area contributed by atoms with Crippen molar-refractivity contribution in [3.63, 3.8) is 0 Å². The highest BCUT2D eigenvalue weighted by atomic mass is 79.9. The van der Waals surface area contributed by atoms with Gasteiger partial charge < -0.3 is 5.32 Å². The van der Waals surface area contributed by atoms with Gasteiger partial charge in [-0.3, -0.25) is 4.79 Å². The maximum Gasteiger partial charge on any atom is 0.256 e. The Balaban J connectivity index is 1.73. The van der Waals surface area contributed by atoms with E-state index >= 15 is 0 Å². The Kier molecular flexibility index (Phi) is 5.03. The zero-order chi connectivity index (χ0) is 14.7. The van der Waals surface area contributed by atoms with Gasteiger partial charge in [-0.2, -0.15) is 0 Å². The maximum atomic E-state index is 12.3. The minimum Gasteiger partial charge on any atom is -0.321 e. The van der Waals surface area contributed by atoms with Crippen LogP contribution in [0.2, 0.25) is 0 Å². The molecule has 1 amide bonds. The lowest BCUT2D eigenvalue weighted by Crippen LogP contribution is -2.11. The molecule has 0 aliphatic heterocycles. The summed E-state index contributed by atoms with van der Waals surface area (Å²) in [5.74, 6) is -0.0450. The van der Waals surface area contributed by atoms with E-state index in [1.165, 1.54) is 41.9 Å². The third-order valence-corrected chi connectivity index (χ3v) is 6.48. The normalized spacial score (nSPS) is 15.3. The summed E-state index contributed by atoms with van der Waals surface area (Å²) >= 11 is 6.82. The summed E-state index contributed by atoms with van der Waals surface area (Å²) in [5.41, 5.74) is 1.62. The van der Waals surface area contributed by atoms with Gasteiger partial charge in [-0.05, 0) is 47.0 Å². The van der Waals surface area contributed by atoms with Crippen molar-refractivity contribution in [1.29, 1.82) is 0 Å². The lowest BCUT2D eigenvalue weighted by molar-refractivity contribution is 0.102. The van der Waals surface area contributed by atoms with Crippen molar-refractivity contribution in [3.05, 3.63) is 45.1 Å². The minimum atomic E-state index is -0.0450. The van der Waals surface area contributed by atoms with Gasteiger partial charge in [0.1, 0.15) is 0 Å². The molecule has 0 atom stereocenters. The number of nitrogens with one attached hydrogen (secondary N) is 1. The molecule has 0 spiro atoms. The highest BCUT2D eigenvalue weighted by Crippen LogP contribution is 2.38. The number of rotatable bonds is 4. The summed E-state index contributed by atoms with van der Waals surface area (Å²) < 4.78 is 0.973. The molecular formula is C16H16BrNOS2. The van der Waals surface area contributed by atoms with Crippen LogP contribution in [0.4, 0.5) is 5.69 Å². The molecule has 1 fully saturated rings. The van der Waals surface area contributed by atoms with Crippen molar-refractivity contribution >= 4 is 50.6 Å². The van der Waals surface area contributed by atoms with E-state index in [1.54, 1.807) is 0 Å². The number of carbonyl (C=O) groups excluding carboxylic acids is 1. The van der Waals surface area contributed by atoms with Crippen LogP contribution >= 0.6 is 39.0 Å². The second kappa shape index (κ2) is 6.99. The van der Waals surface area contributed by atoms with Gasteiger partial charge in [-0.15, -0.1) is 23.1 Å². The third kappa shape index (κ3) is 3.90. The minimum absolute atomic E-state index is 0.0450. The topological polar surface area (TPSA) is 29.1 Å². The van der Waals surface area contributed by atoms with Gasteiger partial charge in [-0.25, -0.2) is 0 Å². The third-order valence-electron chi connectivity index (χ3n) is 3.56. The Morgan fingerprint density at radius 3 is 2.76 bits per heavy atom. The molecule has 110 valence electrons. The molecule has 1 aliphatic rings. The fraction of sp³-hybridized carbons (Fsp3) is 0.312. The summed E-state index contributed by atoms with van der Waals surface area (Å²) in [4.78, 5) is 13.5. The monoisotopic (exact) mass is 381 g/mol. The molecule has 1 aromatic heterocycles. The summed E-state index contributed by atoms with van der Waals surface area (Å²) in [6.45, 7) is 0. The van der Waals surface area contributed by atoms with Gasteiger partial charge in [0.2, 0.25) is 0 Å². The average molecular weight is 382 g/mol. The number of halogens is 1. The van der Waals surface area contributed by atoms with E-state index in [9.17, 15) is 4.79 Å². The molecule has 0 unspecified atom stereocenters. The summed E-state index contributed by atoms with van der Waals surface area (Å²) in [7, 11) is 0. The predicted octanol–water partition coefficient (Wildman–Crippen LogP) is 5.80. The standard InChI is InChI=1S/C16H16BrNOS2/c17-15-9-11(10-20-15)16(19)18-13-7-3-4-8-14(13)21-12-5-1-2-6-12/h3-4,7-10,12H,1-2,5-6H2,(H,18,19). The van der Waals surface area contributed by atoms with Crippen LogP contribution in [0.15, 0.2) is 44.4 Å². The van der Waals surface area contributed by atoms with E-state index in [0.717, 1.165) is 9.47 Å². The second-order valence-electron chi connectivity index (χ2n) is 5.11. The van der Waals surface area contributed by atoms with Crippen LogP contribution in [0.3, 0.4) is 0 Å². The Hall–Kier alpha value is -0.780. The molecule has 5 heteroatoms. The smallest absolute Gasteiger partial charge is 0.256 e. The number of hydrogen-bond acceptors (Lipinski definition) is 3. The number of para-hydroxylation sites is 1. The van der Waals surface area contributed by atoms with Crippen LogP contribution in [-0.4, -0.2) is 11.2 Å². The molecule has 2 nitrogen and oxygen atoms in total. The Labute approximate surface area is 141 Å². The maximum absolute atomic E-state index is 12.3. The molecule has 3 rings (SSSR count). The van der Waals surface area contributed by atoms with E-state index in [-0.39, 0.29) is 5.91 Å². The number of anilines is 1. The van der Waals surface area contributed by atoms with E-state index in [2.05, 4.69) is 27.3 Å². The largest absolute Gasteiger partial charge is 0.321 e. The quantitative estimate of drug-likeness (QED) is 0.724. The lowest BCUT2D eigenvalue weighted by atomic mass is 10.3. The second-order valence-corrected chi connectivity index (χ2v) is 8.75. The highest BCUT2D eigenvalue weighted by molar-refractivity contribution is 9.11. The highest BCUT2D eigenvalue weighted by Gasteiger charge is 2.18. The average Bonchev–Trinajstić information content (AvgIpc) is 3.12. The van der Waals surface area contributed by atoms with Crippen LogP contribution in [0, 0.1) is 0 Å².